The smallest absolute Gasteiger partial charge is 0.218 e. The highest BCUT2D eigenvalue weighted by Gasteiger charge is 2.25. The molecule has 1 rings (SSSR count). The average molecular weight is 200 g/mol. The molecule has 0 radical (unpaired) electrons. The highest BCUT2D eigenvalue weighted by molar-refractivity contribution is 5.73. The number of primary amides is 1. The van der Waals surface area contributed by atoms with Crippen molar-refractivity contribution in [2.75, 3.05) is 19.6 Å². The number of piperidine rings is 1. The highest BCUT2D eigenvalue weighted by atomic mass is 16.3. The summed E-state index contributed by atoms with van der Waals surface area (Å²) in [6.07, 6.45) is 2.07. The predicted octanol–water partition coefficient (Wildman–Crippen LogP) is -0.0454. The van der Waals surface area contributed by atoms with Crippen molar-refractivity contribution in [1.82, 2.24) is 4.90 Å². The van der Waals surface area contributed by atoms with Crippen molar-refractivity contribution in [3.8, 4) is 0 Å². The maximum atomic E-state index is 10.6. The summed E-state index contributed by atoms with van der Waals surface area (Å²) in [6, 6.07) is 0. The van der Waals surface area contributed by atoms with Crippen molar-refractivity contribution in [2.24, 2.45) is 11.7 Å². The molecule has 1 amide bonds. The molecule has 1 saturated heterocycles. The van der Waals surface area contributed by atoms with Crippen LogP contribution in [0.2, 0.25) is 0 Å². The lowest BCUT2D eigenvalue weighted by Crippen LogP contribution is -2.43. The molecular weight excluding hydrogens is 180 g/mol. The lowest BCUT2D eigenvalue weighted by atomic mass is 9.92. The summed E-state index contributed by atoms with van der Waals surface area (Å²) in [5.74, 6) is 0.112. The molecule has 0 saturated carbocycles. The van der Waals surface area contributed by atoms with Crippen LogP contribution < -0.4 is 5.73 Å². The van der Waals surface area contributed by atoms with Crippen LogP contribution in [0.15, 0.2) is 0 Å². The Balaban J connectivity index is 2.31. The van der Waals surface area contributed by atoms with Crippen molar-refractivity contribution < 1.29 is 9.90 Å². The van der Waals surface area contributed by atoms with Crippen LogP contribution in [0.25, 0.3) is 0 Å². The van der Waals surface area contributed by atoms with Crippen LogP contribution in [0.1, 0.15) is 26.2 Å². The number of aliphatic hydroxyl groups excluding tert-OH is 1. The second-order valence-electron chi connectivity index (χ2n) is 4.04. The first kappa shape index (κ1) is 11.5. The number of carbonyl (C=O) groups excluding carboxylic acids is 1. The Labute approximate surface area is 85.1 Å². The van der Waals surface area contributed by atoms with E-state index in [1.54, 1.807) is 0 Å². The SMILES string of the molecule is CCC1CN(CCC(N)=O)CCC1O. The van der Waals surface area contributed by atoms with Crippen LogP contribution in [0, 0.1) is 5.92 Å². The molecule has 1 aliphatic heterocycles. The fraction of sp³-hybridized carbons (Fsp3) is 0.900. The number of likely N-dealkylation sites (tertiary alicyclic amines) is 1. The molecule has 82 valence electrons. The number of rotatable bonds is 4. The molecule has 1 fully saturated rings. The third-order valence-corrected chi connectivity index (χ3v) is 2.98. The second-order valence-corrected chi connectivity index (χ2v) is 4.04. The molecule has 1 aliphatic rings. The molecule has 0 aromatic heterocycles. The Morgan fingerprint density at radius 1 is 1.64 bits per heavy atom. The quantitative estimate of drug-likeness (QED) is 0.669. The molecule has 1 heterocycles. The maximum Gasteiger partial charge on any atom is 0.218 e. The predicted molar refractivity (Wildman–Crippen MR) is 54.7 cm³/mol. The number of amides is 1. The monoisotopic (exact) mass is 200 g/mol. The van der Waals surface area contributed by atoms with Crippen LogP contribution >= 0.6 is 0 Å². The summed E-state index contributed by atoms with van der Waals surface area (Å²) in [6.45, 7) is 4.60. The lowest BCUT2D eigenvalue weighted by molar-refractivity contribution is -0.118. The molecule has 0 spiro atoms. The van der Waals surface area contributed by atoms with Crippen molar-refractivity contribution in [3.63, 3.8) is 0 Å². The highest BCUT2D eigenvalue weighted by Crippen LogP contribution is 2.19. The molecule has 4 nitrogen and oxygen atoms in total. The molecule has 4 heteroatoms. The first-order valence-electron chi connectivity index (χ1n) is 5.32. The number of aliphatic hydroxyl groups is 1. The van der Waals surface area contributed by atoms with Crippen LogP contribution in [-0.2, 0) is 4.79 Å². The van der Waals surface area contributed by atoms with Crippen LogP contribution in [0.5, 0.6) is 0 Å². The lowest BCUT2D eigenvalue weighted by Gasteiger charge is -2.35. The van der Waals surface area contributed by atoms with Crippen LogP contribution in [0.3, 0.4) is 0 Å². The Kier molecular flexibility index (Phi) is 4.35. The van der Waals surface area contributed by atoms with E-state index in [1.165, 1.54) is 0 Å². The van der Waals surface area contributed by atoms with Gasteiger partial charge in [-0.2, -0.15) is 0 Å². The van der Waals surface area contributed by atoms with Gasteiger partial charge in [0.2, 0.25) is 5.91 Å². The van der Waals surface area contributed by atoms with Gasteiger partial charge in [-0.25, -0.2) is 0 Å². The minimum absolute atomic E-state index is 0.162. The molecular formula is C10H20N2O2. The zero-order valence-electron chi connectivity index (χ0n) is 8.78. The van der Waals surface area contributed by atoms with Gasteiger partial charge in [0.05, 0.1) is 6.10 Å². The molecule has 14 heavy (non-hydrogen) atoms. The topological polar surface area (TPSA) is 66.6 Å². The van der Waals surface area contributed by atoms with Gasteiger partial charge in [0.1, 0.15) is 0 Å². The standard InChI is InChI=1S/C10H20N2O2/c1-2-8-7-12(5-3-9(8)13)6-4-10(11)14/h8-9,13H,2-7H2,1H3,(H2,11,14). The van der Waals surface area contributed by atoms with E-state index in [0.717, 1.165) is 32.5 Å². The van der Waals surface area contributed by atoms with Crippen molar-refractivity contribution in [3.05, 3.63) is 0 Å². The number of carbonyl (C=O) groups is 1. The average Bonchev–Trinajstić information content (AvgIpc) is 2.16. The van der Waals surface area contributed by atoms with E-state index >= 15 is 0 Å². The minimum atomic E-state index is -0.246. The summed E-state index contributed by atoms with van der Waals surface area (Å²) in [4.78, 5) is 12.8. The van der Waals surface area contributed by atoms with E-state index in [1.807, 2.05) is 0 Å². The fourth-order valence-electron chi connectivity index (χ4n) is 1.97. The second kappa shape index (κ2) is 5.32. The van der Waals surface area contributed by atoms with Crippen molar-refractivity contribution >= 4 is 5.91 Å². The van der Waals surface area contributed by atoms with Gasteiger partial charge in [-0.05, 0) is 18.8 Å². The molecule has 0 bridgehead atoms. The van der Waals surface area contributed by atoms with E-state index in [-0.39, 0.29) is 12.0 Å². The van der Waals surface area contributed by atoms with Gasteiger partial charge in [0.25, 0.3) is 0 Å². The summed E-state index contributed by atoms with van der Waals surface area (Å²) >= 11 is 0. The van der Waals surface area contributed by atoms with Crippen LogP contribution in [0.4, 0.5) is 0 Å². The Morgan fingerprint density at radius 3 is 2.93 bits per heavy atom. The molecule has 3 N–H and O–H groups in total. The maximum absolute atomic E-state index is 10.6. The zero-order valence-corrected chi connectivity index (χ0v) is 8.78. The van der Waals surface area contributed by atoms with E-state index in [4.69, 9.17) is 5.73 Å². The van der Waals surface area contributed by atoms with E-state index in [0.29, 0.717) is 12.3 Å². The number of nitrogens with two attached hydrogens (primary N) is 1. The van der Waals surface area contributed by atoms with Crippen LogP contribution in [-0.4, -0.2) is 41.7 Å². The number of hydrogen-bond acceptors (Lipinski definition) is 3. The molecule has 0 aromatic carbocycles. The third kappa shape index (κ3) is 3.27. The van der Waals surface area contributed by atoms with Gasteiger partial charge >= 0.3 is 0 Å². The molecule has 0 aromatic rings. The molecule has 2 unspecified atom stereocenters. The zero-order chi connectivity index (χ0) is 10.6. The fourth-order valence-corrected chi connectivity index (χ4v) is 1.97. The van der Waals surface area contributed by atoms with Crippen molar-refractivity contribution in [1.29, 1.82) is 0 Å². The summed E-state index contributed by atoms with van der Waals surface area (Å²) in [7, 11) is 0. The van der Waals surface area contributed by atoms with Gasteiger partial charge in [0.15, 0.2) is 0 Å². The third-order valence-electron chi connectivity index (χ3n) is 2.98. The summed E-state index contributed by atoms with van der Waals surface area (Å²) in [5.41, 5.74) is 5.09. The van der Waals surface area contributed by atoms with E-state index in [2.05, 4.69) is 11.8 Å². The van der Waals surface area contributed by atoms with Crippen molar-refractivity contribution in [2.45, 2.75) is 32.3 Å². The summed E-state index contributed by atoms with van der Waals surface area (Å²) in [5, 5.41) is 9.65. The van der Waals surface area contributed by atoms with Gasteiger partial charge in [0, 0.05) is 26.1 Å². The first-order chi connectivity index (χ1) is 6.63. The Bertz CT molecular complexity index is 197. The normalized spacial score (nSPS) is 29.0. The largest absolute Gasteiger partial charge is 0.393 e. The Hall–Kier alpha value is -0.610. The molecule has 2 atom stereocenters. The van der Waals surface area contributed by atoms with Gasteiger partial charge < -0.3 is 15.7 Å². The van der Waals surface area contributed by atoms with Gasteiger partial charge in [-0.3, -0.25) is 4.79 Å². The summed E-state index contributed by atoms with van der Waals surface area (Å²) < 4.78 is 0. The molecule has 0 aliphatic carbocycles. The van der Waals surface area contributed by atoms with E-state index in [9.17, 15) is 9.90 Å². The number of hydrogen-bond donors (Lipinski definition) is 2. The minimum Gasteiger partial charge on any atom is -0.393 e. The Morgan fingerprint density at radius 2 is 2.36 bits per heavy atom. The van der Waals surface area contributed by atoms with E-state index < -0.39 is 0 Å². The van der Waals surface area contributed by atoms with Gasteiger partial charge in [-0.15, -0.1) is 0 Å². The van der Waals surface area contributed by atoms with Gasteiger partial charge in [-0.1, -0.05) is 6.92 Å². The number of nitrogens with zero attached hydrogens (tertiary/aromatic N) is 1. The first-order valence-corrected chi connectivity index (χ1v) is 5.32.